The third-order valence-electron chi connectivity index (χ3n) is 2.94. The Morgan fingerprint density at radius 1 is 1.24 bits per heavy atom. The van der Waals surface area contributed by atoms with Gasteiger partial charge < -0.3 is 4.52 Å². The van der Waals surface area contributed by atoms with Crippen LogP contribution in [-0.4, -0.2) is 15.1 Å². The van der Waals surface area contributed by atoms with Gasteiger partial charge in [0.2, 0.25) is 0 Å². The van der Waals surface area contributed by atoms with Crippen molar-refractivity contribution >= 4 is 12.6 Å². The number of rotatable bonds is 3. The number of nitrogens with zero attached hydrogens (tertiary/aromatic N) is 2. The molecule has 0 atom stereocenters. The Kier molecular flexibility index (Phi) is 3.57. The predicted molar refractivity (Wildman–Crippen MR) is 78.4 cm³/mol. The topological polar surface area (TPSA) is 71.8 Å². The van der Waals surface area contributed by atoms with Crippen molar-refractivity contribution < 1.29 is 8.91 Å². The molecule has 21 heavy (non-hydrogen) atoms. The number of halogens is 1. The van der Waals surface area contributed by atoms with Crippen molar-refractivity contribution in [3.8, 4) is 22.5 Å². The SMILES string of the molecule is O=c1o[nH]c(-c2ccnc(CS)n2)c1-c1ccc(F)cc1. The van der Waals surface area contributed by atoms with Crippen LogP contribution in [0.1, 0.15) is 5.82 Å². The zero-order valence-corrected chi connectivity index (χ0v) is 11.6. The van der Waals surface area contributed by atoms with Gasteiger partial charge in [0.15, 0.2) is 0 Å². The molecular weight excluding hydrogens is 293 g/mol. The molecule has 0 saturated carbocycles. The highest BCUT2D eigenvalue weighted by atomic mass is 32.1. The molecule has 0 unspecified atom stereocenters. The summed E-state index contributed by atoms with van der Waals surface area (Å²) in [4.78, 5) is 20.2. The van der Waals surface area contributed by atoms with E-state index < -0.39 is 5.63 Å². The monoisotopic (exact) mass is 303 g/mol. The van der Waals surface area contributed by atoms with E-state index in [0.29, 0.717) is 34.1 Å². The van der Waals surface area contributed by atoms with Crippen LogP contribution in [0.5, 0.6) is 0 Å². The van der Waals surface area contributed by atoms with E-state index in [2.05, 4.69) is 27.8 Å². The first-order chi connectivity index (χ1) is 10.2. The van der Waals surface area contributed by atoms with Gasteiger partial charge in [-0.2, -0.15) is 12.6 Å². The van der Waals surface area contributed by atoms with Crippen LogP contribution in [0.15, 0.2) is 45.8 Å². The molecule has 0 aliphatic rings. The summed E-state index contributed by atoms with van der Waals surface area (Å²) in [5.74, 6) is 0.532. The van der Waals surface area contributed by atoms with Gasteiger partial charge >= 0.3 is 5.63 Å². The van der Waals surface area contributed by atoms with Crippen molar-refractivity contribution in [1.82, 2.24) is 15.1 Å². The van der Waals surface area contributed by atoms with Crippen molar-refractivity contribution in [3.63, 3.8) is 0 Å². The highest BCUT2D eigenvalue weighted by Gasteiger charge is 2.17. The molecule has 1 aromatic carbocycles. The molecule has 0 aliphatic heterocycles. The fourth-order valence-electron chi connectivity index (χ4n) is 1.98. The van der Waals surface area contributed by atoms with E-state index in [1.165, 1.54) is 24.3 Å². The number of hydrogen-bond acceptors (Lipinski definition) is 5. The quantitative estimate of drug-likeness (QED) is 0.730. The summed E-state index contributed by atoms with van der Waals surface area (Å²) in [7, 11) is 0. The predicted octanol–water partition coefficient (Wildman–Crippen LogP) is 2.66. The number of thiol groups is 1. The molecule has 0 fully saturated rings. The second kappa shape index (κ2) is 5.53. The standard InChI is InChI=1S/C14H10FN3O2S/c15-9-3-1-8(2-4-9)12-13(18-20-14(12)19)10-5-6-16-11(7-21)17-10/h1-6,18,21H,7H2. The van der Waals surface area contributed by atoms with Gasteiger partial charge in [0.25, 0.3) is 0 Å². The van der Waals surface area contributed by atoms with Gasteiger partial charge in [-0.15, -0.1) is 0 Å². The minimum absolute atomic E-state index is 0.304. The zero-order valence-electron chi connectivity index (χ0n) is 10.7. The summed E-state index contributed by atoms with van der Waals surface area (Å²) < 4.78 is 17.9. The van der Waals surface area contributed by atoms with Crippen molar-refractivity contribution in [3.05, 3.63) is 58.6 Å². The summed E-state index contributed by atoms with van der Waals surface area (Å²) in [6, 6.07) is 7.25. The number of H-pyrrole nitrogens is 1. The molecule has 0 amide bonds. The van der Waals surface area contributed by atoms with Gasteiger partial charge in [0.05, 0.1) is 17.0 Å². The van der Waals surface area contributed by atoms with Crippen LogP contribution in [0.4, 0.5) is 4.39 Å². The molecule has 2 heterocycles. The molecule has 7 heteroatoms. The second-order valence-electron chi connectivity index (χ2n) is 4.26. The molecule has 3 rings (SSSR count). The third-order valence-corrected chi connectivity index (χ3v) is 3.22. The Bertz CT molecular complexity index is 827. The fraction of sp³-hybridized carbons (Fsp3) is 0.0714. The third kappa shape index (κ3) is 2.59. The first-order valence-corrected chi connectivity index (χ1v) is 6.73. The van der Waals surface area contributed by atoms with Crippen molar-refractivity contribution in [2.75, 3.05) is 0 Å². The van der Waals surface area contributed by atoms with Crippen LogP contribution in [0.25, 0.3) is 22.5 Å². The smallest absolute Gasteiger partial charge is 0.338 e. The molecule has 0 bridgehead atoms. The number of aromatic amines is 1. The summed E-state index contributed by atoms with van der Waals surface area (Å²) in [6.45, 7) is 0. The van der Waals surface area contributed by atoms with Crippen LogP contribution >= 0.6 is 12.6 Å². The normalized spacial score (nSPS) is 10.8. The number of hydrogen-bond donors (Lipinski definition) is 2. The van der Waals surface area contributed by atoms with E-state index in [-0.39, 0.29) is 5.82 Å². The van der Waals surface area contributed by atoms with Crippen LogP contribution in [-0.2, 0) is 5.75 Å². The van der Waals surface area contributed by atoms with Crippen LogP contribution in [0.2, 0.25) is 0 Å². The first kappa shape index (κ1) is 13.6. The average molecular weight is 303 g/mol. The van der Waals surface area contributed by atoms with Crippen LogP contribution < -0.4 is 5.63 Å². The van der Waals surface area contributed by atoms with Gasteiger partial charge in [0.1, 0.15) is 17.3 Å². The van der Waals surface area contributed by atoms with E-state index in [4.69, 9.17) is 4.52 Å². The van der Waals surface area contributed by atoms with Crippen LogP contribution in [0.3, 0.4) is 0 Å². The Balaban J connectivity index is 2.16. The summed E-state index contributed by atoms with van der Waals surface area (Å²) >= 11 is 4.12. The summed E-state index contributed by atoms with van der Waals surface area (Å²) in [5.41, 5.74) is 1.25. The highest BCUT2D eigenvalue weighted by molar-refractivity contribution is 7.79. The van der Waals surface area contributed by atoms with Crippen molar-refractivity contribution in [2.45, 2.75) is 5.75 Å². The lowest BCUT2D eigenvalue weighted by Crippen LogP contribution is -1.99. The molecule has 106 valence electrons. The van der Waals surface area contributed by atoms with Crippen LogP contribution in [0, 0.1) is 5.82 Å². The van der Waals surface area contributed by atoms with E-state index in [1.807, 2.05) is 0 Å². The molecule has 2 aromatic heterocycles. The van der Waals surface area contributed by atoms with Crippen molar-refractivity contribution in [1.29, 1.82) is 0 Å². The maximum absolute atomic E-state index is 13.0. The van der Waals surface area contributed by atoms with Gasteiger partial charge in [-0.3, -0.25) is 0 Å². The van der Waals surface area contributed by atoms with Gasteiger partial charge in [-0.1, -0.05) is 12.1 Å². The first-order valence-electron chi connectivity index (χ1n) is 6.09. The summed E-state index contributed by atoms with van der Waals surface area (Å²) in [5, 5.41) is 2.56. The Morgan fingerprint density at radius 3 is 2.71 bits per heavy atom. The Labute approximate surface area is 124 Å². The zero-order chi connectivity index (χ0) is 14.8. The van der Waals surface area contributed by atoms with Crippen molar-refractivity contribution in [2.24, 2.45) is 0 Å². The van der Waals surface area contributed by atoms with Gasteiger partial charge in [-0.25, -0.2) is 24.3 Å². The molecular formula is C14H10FN3O2S. The van der Waals surface area contributed by atoms with Gasteiger partial charge in [-0.05, 0) is 23.8 Å². The van der Waals surface area contributed by atoms with E-state index in [1.54, 1.807) is 12.3 Å². The lowest BCUT2D eigenvalue weighted by Gasteiger charge is -2.02. The number of nitrogens with one attached hydrogen (secondary N) is 1. The minimum atomic E-state index is -0.539. The molecule has 0 saturated heterocycles. The van der Waals surface area contributed by atoms with Gasteiger partial charge in [0, 0.05) is 6.20 Å². The average Bonchev–Trinajstić information content (AvgIpc) is 2.90. The largest absolute Gasteiger partial charge is 0.365 e. The second-order valence-corrected chi connectivity index (χ2v) is 4.58. The number of benzene rings is 1. The Hall–Kier alpha value is -2.41. The fourth-order valence-corrected chi connectivity index (χ4v) is 2.13. The van der Waals surface area contributed by atoms with E-state index >= 15 is 0 Å². The highest BCUT2D eigenvalue weighted by Crippen LogP contribution is 2.26. The van der Waals surface area contributed by atoms with E-state index in [9.17, 15) is 9.18 Å². The molecule has 0 spiro atoms. The molecule has 5 nitrogen and oxygen atoms in total. The number of aromatic nitrogens is 3. The molecule has 3 aromatic rings. The van der Waals surface area contributed by atoms with E-state index in [0.717, 1.165) is 0 Å². The summed E-state index contributed by atoms with van der Waals surface area (Å²) in [6.07, 6.45) is 1.58. The maximum atomic E-state index is 13.0. The molecule has 1 N–H and O–H groups in total. The lowest BCUT2D eigenvalue weighted by atomic mass is 10.0. The molecule has 0 aliphatic carbocycles. The maximum Gasteiger partial charge on any atom is 0.365 e. The lowest BCUT2D eigenvalue weighted by molar-refractivity contribution is 0.394. The Morgan fingerprint density at radius 2 is 2.00 bits per heavy atom. The minimum Gasteiger partial charge on any atom is -0.338 e. The molecule has 0 radical (unpaired) electrons.